The van der Waals surface area contributed by atoms with Crippen molar-refractivity contribution in [3.63, 3.8) is 0 Å². The van der Waals surface area contributed by atoms with Gasteiger partial charge >= 0.3 is 6.09 Å². The Balaban J connectivity index is 3.23. The fraction of sp³-hybridized carbons (Fsp3) is 0.500. The smallest absolute Gasteiger partial charge is 0.415 e. The summed E-state index contributed by atoms with van der Waals surface area (Å²) in [6, 6.07) is 4.88. The number of para-hydroxylation sites is 1. The molecule has 0 spiro atoms. The van der Waals surface area contributed by atoms with Gasteiger partial charge in [-0.25, -0.2) is 4.79 Å². The first-order valence-corrected chi connectivity index (χ1v) is 6.42. The number of anilines is 1. The summed E-state index contributed by atoms with van der Waals surface area (Å²) in [5, 5.41) is 11.2. The second-order valence-electron chi connectivity index (χ2n) is 5.42. The van der Waals surface area contributed by atoms with Gasteiger partial charge in [-0.3, -0.25) is 15.0 Å². The van der Waals surface area contributed by atoms with Crippen LogP contribution in [0.5, 0.6) is 0 Å². The average Bonchev–Trinajstić information content (AvgIpc) is 2.26. The standard InChI is InChI=1S/C14H20N2O4/c1-6-15(13(17)20-14(3,4)5)11-9-7-8-10(2)12(11)16(18)19/h7-9H,6H2,1-5H3. The van der Waals surface area contributed by atoms with Crippen LogP contribution in [-0.2, 0) is 4.74 Å². The Bertz CT molecular complexity index is 520. The fourth-order valence-electron chi connectivity index (χ4n) is 1.81. The number of aryl methyl sites for hydroxylation is 1. The minimum absolute atomic E-state index is 0.0693. The molecule has 1 rings (SSSR count). The van der Waals surface area contributed by atoms with Crippen LogP contribution in [-0.4, -0.2) is 23.2 Å². The maximum absolute atomic E-state index is 12.2. The average molecular weight is 280 g/mol. The summed E-state index contributed by atoms with van der Waals surface area (Å²) in [6.07, 6.45) is -0.589. The summed E-state index contributed by atoms with van der Waals surface area (Å²) < 4.78 is 5.28. The number of carbonyl (C=O) groups is 1. The lowest BCUT2D eigenvalue weighted by Crippen LogP contribution is -2.37. The molecule has 0 N–H and O–H groups in total. The Morgan fingerprint density at radius 2 is 2.00 bits per heavy atom. The second kappa shape index (κ2) is 5.90. The molecule has 1 amide bonds. The quantitative estimate of drug-likeness (QED) is 0.625. The van der Waals surface area contributed by atoms with Gasteiger partial charge in [0.05, 0.1) is 4.92 Å². The van der Waals surface area contributed by atoms with E-state index in [1.54, 1.807) is 52.8 Å². The molecule has 0 heterocycles. The molecule has 1 aromatic rings. The Morgan fingerprint density at radius 3 is 2.45 bits per heavy atom. The van der Waals surface area contributed by atoms with Gasteiger partial charge in [0.2, 0.25) is 0 Å². The lowest BCUT2D eigenvalue weighted by molar-refractivity contribution is -0.384. The lowest BCUT2D eigenvalue weighted by atomic mass is 10.1. The number of nitro benzene ring substituents is 1. The number of ether oxygens (including phenoxy) is 1. The monoisotopic (exact) mass is 280 g/mol. The van der Waals surface area contributed by atoms with Crippen molar-refractivity contribution in [3.8, 4) is 0 Å². The highest BCUT2D eigenvalue weighted by Crippen LogP contribution is 2.32. The van der Waals surface area contributed by atoms with Crippen molar-refractivity contribution in [3.05, 3.63) is 33.9 Å². The van der Waals surface area contributed by atoms with Gasteiger partial charge in [0.25, 0.3) is 5.69 Å². The second-order valence-corrected chi connectivity index (χ2v) is 5.42. The van der Waals surface area contributed by atoms with Crippen LogP contribution in [0.25, 0.3) is 0 Å². The largest absolute Gasteiger partial charge is 0.443 e. The van der Waals surface area contributed by atoms with Crippen molar-refractivity contribution in [2.45, 2.75) is 40.2 Å². The van der Waals surface area contributed by atoms with Gasteiger partial charge in [-0.2, -0.15) is 0 Å². The van der Waals surface area contributed by atoms with Gasteiger partial charge in [-0.15, -0.1) is 0 Å². The van der Waals surface area contributed by atoms with Gasteiger partial charge < -0.3 is 4.74 Å². The van der Waals surface area contributed by atoms with Crippen LogP contribution in [0.15, 0.2) is 18.2 Å². The van der Waals surface area contributed by atoms with E-state index >= 15 is 0 Å². The molecule has 1 aromatic carbocycles. The summed E-state index contributed by atoms with van der Waals surface area (Å²) in [6.45, 7) is 8.94. The van der Waals surface area contributed by atoms with Gasteiger partial charge in [-0.05, 0) is 40.7 Å². The number of nitrogens with zero attached hydrogens (tertiary/aromatic N) is 2. The summed E-state index contributed by atoms with van der Waals surface area (Å²) >= 11 is 0. The predicted octanol–water partition coefficient (Wildman–Crippen LogP) is 3.66. The third-order valence-electron chi connectivity index (χ3n) is 2.62. The highest BCUT2D eigenvalue weighted by molar-refractivity contribution is 5.91. The van der Waals surface area contributed by atoms with E-state index in [0.29, 0.717) is 12.1 Å². The summed E-state index contributed by atoms with van der Waals surface area (Å²) in [5.41, 5.74) is 0.0461. The van der Waals surface area contributed by atoms with E-state index in [1.807, 2.05) is 0 Å². The van der Waals surface area contributed by atoms with Crippen LogP contribution >= 0.6 is 0 Å². The highest BCUT2D eigenvalue weighted by Gasteiger charge is 2.28. The van der Waals surface area contributed by atoms with E-state index in [1.165, 1.54) is 4.90 Å². The highest BCUT2D eigenvalue weighted by atomic mass is 16.6. The molecule has 0 bridgehead atoms. The summed E-state index contributed by atoms with van der Waals surface area (Å²) in [4.78, 5) is 24.2. The molecule has 6 nitrogen and oxygen atoms in total. The van der Waals surface area contributed by atoms with Crippen molar-refractivity contribution in [2.24, 2.45) is 0 Å². The van der Waals surface area contributed by atoms with E-state index in [-0.39, 0.29) is 11.4 Å². The van der Waals surface area contributed by atoms with Gasteiger partial charge in [-0.1, -0.05) is 12.1 Å². The Labute approximate surface area is 118 Å². The zero-order valence-electron chi connectivity index (χ0n) is 12.5. The van der Waals surface area contributed by atoms with Crippen molar-refractivity contribution in [1.29, 1.82) is 0 Å². The first kappa shape index (κ1) is 15.9. The lowest BCUT2D eigenvalue weighted by Gasteiger charge is -2.26. The van der Waals surface area contributed by atoms with Crippen LogP contribution in [0.4, 0.5) is 16.2 Å². The van der Waals surface area contributed by atoms with Crippen molar-refractivity contribution < 1.29 is 14.5 Å². The first-order valence-electron chi connectivity index (χ1n) is 6.42. The van der Waals surface area contributed by atoms with E-state index in [2.05, 4.69) is 0 Å². The van der Waals surface area contributed by atoms with Crippen LogP contribution in [0, 0.1) is 17.0 Å². The summed E-state index contributed by atoms with van der Waals surface area (Å²) in [7, 11) is 0. The van der Waals surface area contributed by atoms with E-state index in [0.717, 1.165) is 0 Å². The zero-order valence-corrected chi connectivity index (χ0v) is 12.5. The number of carbonyl (C=O) groups excluding carboxylic acids is 1. The normalized spacial score (nSPS) is 11.1. The first-order chi connectivity index (χ1) is 9.17. The molecule has 0 saturated heterocycles. The van der Waals surface area contributed by atoms with Crippen molar-refractivity contribution in [1.82, 2.24) is 0 Å². The number of nitro groups is 1. The molecule has 0 aliphatic heterocycles. The van der Waals surface area contributed by atoms with Crippen molar-refractivity contribution in [2.75, 3.05) is 11.4 Å². The van der Waals surface area contributed by atoms with Gasteiger partial charge in [0.15, 0.2) is 0 Å². The zero-order chi connectivity index (χ0) is 15.5. The predicted molar refractivity (Wildman–Crippen MR) is 77.1 cm³/mol. The van der Waals surface area contributed by atoms with Gasteiger partial charge in [0, 0.05) is 12.1 Å². The van der Waals surface area contributed by atoms with E-state index < -0.39 is 16.6 Å². The molecule has 0 aliphatic rings. The molecule has 6 heteroatoms. The minimum atomic E-state index is -0.650. The SMILES string of the molecule is CCN(C(=O)OC(C)(C)C)c1cccc(C)c1[N+](=O)[O-]. The molecule has 0 saturated carbocycles. The van der Waals surface area contributed by atoms with Crippen LogP contribution in [0.2, 0.25) is 0 Å². The molecular formula is C14H20N2O4. The molecule has 0 fully saturated rings. The minimum Gasteiger partial charge on any atom is -0.443 e. The number of amides is 1. The third-order valence-corrected chi connectivity index (χ3v) is 2.62. The molecule has 0 atom stereocenters. The number of hydrogen-bond acceptors (Lipinski definition) is 4. The number of hydrogen-bond donors (Lipinski definition) is 0. The van der Waals surface area contributed by atoms with Crippen molar-refractivity contribution >= 4 is 17.5 Å². The van der Waals surface area contributed by atoms with E-state index in [9.17, 15) is 14.9 Å². The fourth-order valence-corrected chi connectivity index (χ4v) is 1.81. The van der Waals surface area contributed by atoms with Crippen LogP contribution in [0.1, 0.15) is 33.3 Å². The maximum Gasteiger partial charge on any atom is 0.415 e. The van der Waals surface area contributed by atoms with E-state index in [4.69, 9.17) is 4.74 Å². The third kappa shape index (κ3) is 3.69. The Hall–Kier alpha value is -2.11. The molecule has 0 unspecified atom stereocenters. The summed E-state index contributed by atoms with van der Waals surface area (Å²) in [5.74, 6) is 0. The topological polar surface area (TPSA) is 72.7 Å². The number of rotatable bonds is 3. The Morgan fingerprint density at radius 1 is 1.40 bits per heavy atom. The maximum atomic E-state index is 12.2. The molecule has 0 aromatic heterocycles. The van der Waals surface area contributed by atoms with Crippen LogP contribution in [0.3, 0.4) is 0 Å². The molecular weight excluding hydrogens is 260 g/mol. The molecule has 0 radical (unpaired) electrons. The molecule has 20 heavy (non-hydrogen) atoms. The van der Waals surface area contributed by atoms with Crippen LogP contribution < -0.4 is 4.90 Å². The molecule has 110 valence electrons. The Kier molecular flexibility index (Phi) is 4.70. The van der Waals surface area contributed by atoms with Gasteiger partial charge in [0.1, 0.15) is 11.3 Å². The number of benzene rings is 1. The molecule has 0 aliphatic carbocycles.